The van der Waals surface area contributed by atoms with E-state index in [2.05, 4.69) is 9.47 Å². The second kappa shape index (κ2) is 15.6. The van der Waals surface area contributed by atoms with Crippen LogP contribution >= 0.6 is 11.8 Å². The molecule has 0 fully saturated rings. The maximum absolute atomic E-state index is 13.4. The maximum atomic E-state index is 13.4. The minimum atomic E-state index is -1.24. The molecule has 0 bridgehead atoms. The van der Waals surface area contributed by atoms with Crippen LogP contribution in [0, 0.1) is 5.92 Å². The minimum Gasteiger partial charge on any atom is -0.468 e. The van der Waals surface area contributed by atoms with E-state index in [9.17, 15) is 29.1 Å². The van der Waals surface area contributed by atoms with Crippen LogP contribution in [-0.4, -0.2) is 102 Å². The summed E-state index contributed by atoms with van der Waals surface area (Å²) >= 11 is 1.37. The molecule has 0 aliphatic rings. The molecule has 3 amide bonds. The van der Waals surface area contributed by atoms with Gasteiger partial charge in [-0.2, -0.15) is 11.8 Å². The Morgan fingerprint density at radius 3 is 1.97 bits per heavy atom. The average Bonchev–Trinajstić information content (AvgIpc) is 2.79. The summed E-state index contributed by atoms with van der Waals surface area (Å²) in [5.41, 5.74) is 4.26. The second-order valence-electron chi connectivity index (χ2n) is 8.97. The first-order chi connectivity index (χ1) is 16.2. The van der Waals surface area contributed by atoms with Gasteiger partial charge in [-0.1, -0.05) is 6.92 Å². The minimum absolute atomic E-state index is 0.0560. The molecule has 0 aliphatic carbocycles. The predicted molar refractivity (Wildman–Crippen MR) is 132 cm³/mol. The topological polar surface area (TPSA) is 157 Å². The molecule has 0 aromatic rings. The summed E-state index contributed by atoms with van der Waals surface area (Å²) < 4.78 is 9.30. The smallest absolute Gasteiger partial charge is 0.320 e. The van der Waals surface area contributed by atoms with Crippen LogP contribution in [0.1, 0.15) is 52.9 Å². The van der Waals surface area contributed by atoms with E-state index in [0.717, 1.165) is 0 Å². The number of rotatable bonds is 16. The molecule has 0 rings (SSSR count). The fourth-order valence-corrected chi connectivity index (χ4v) is 4.53. The van der Waals surface area contributed by atoms with Crippen molar-refractivity contribution in [2.45, 2.75) is 70.6 Å². The maximum Gasteiger partial charge on any atom is 0.320 e. The van der Waals surface area contributed by atoms with Crippen molar-refractivity contribution in [2.24, 2.45) is 11.7 Å². The fourth-order valence-electron chi connectivity index (χ4n) is 3.40. The second-order valence-corrected chi connectivity index (χ2v) is 10.1. The van der Waals surface area contributed by atoms with E-state index < -0.39 is 47.4 Å². The van der Waals surface area contributed by atoms with Crippen LogP contribution in [0.5, 0.6) is 0 Å². The zero-order chi connectivity index (χ0) is 27.3. The van der Waals surface area contributed by atoms with E-state index in [-0.39, 0.29) is 30.9 Å². The largest absolute Gasteiger partial charge is 0.468 e. The Morgan fingerprint density at radius 2 is 1.54 bits per heavy atom. The van der Waals surface area contributed by atoms with E-state index in [1.54, 1.807) is 0 Å². The first-order valence-electron chi connectivity index (χ1n) is 11.5. The van der Waals surface area contributed by atoms with Crippen molar-refractivity contribution in [1.29, 1.82) is 0 Å². The lowest BCUT2D eigenvalue weighted by atomic mass is 9.97. The molecule has 0 saturated heterocycles. The number of aliphatic hydroxyl groups is 1. The highest BCUT2D eigenvalue weighted by Crippen LogP contribution is 2.20. The van der Waals surface area contributed by atoms with Crippen molar-refractivity contribution >= 4 is 41.4 Å². The van der Waals surface area contributed by atoms with E-state index in [4.69, 9.17) is 5.73 Å². The first kappa shape index (κ1) is 32.7. The normalized spacial score (nSPS) is 13.1. The SMILES string of the molecule is CCCC(=O)N(C)[C@H](CSCCCC(C(=O)OC)C(=O)OC)C(=O)N(C)[C@@H](CC(C)(C)O)C(N)=O. The third-order valence-corrected chi connectivity index (χ3v) is 6.60. The highest BCUT2D eigenvalue weighted by atomic mass is 32.2. The van der Waals surface area contributed by atoms with Crippen molar-refractivity contribution in [3.63, 3.8) is 0 Å². The van der Waals surface area contributed by atoms with E-state index in [0.29, 0.717) is 18.6 Å². The summed E-state index contributed by atoms with van der Waals surface area (Å²) in [5, 5.41) is 10.2. The summed E-state index contributed by atoms with van der Waals surface area (Å²) in [6.07, 6.45) is 1.49. The van der Waals surface area contributed by atoms with E-state index >= 15 is 0 Å². The Kier molecular flexibility index (Phi) is 14.6. The summed E-state index contributed by atoms with van der Waals surface area (Å²) in [5.74, 6) is -3.10. The standard InChI is InChI=1S/C23H41N3O8S/c1-8-10-18(27)25(4)17(20(29)26(5)16(19(24)28)13-23(2,3)32)14-35-12-9-11-15(21(30)33-6)22(31)34-7/h15-17,32H,8-14H2,1-7H3,(H2,24,28)/t16-,17+/m0/s1. The van der Waals surface area contributed by atoms with Crippen molar-refractivity contribution in [3.05, 3.63) is 0 Å². The highest BCUT2D eigenvalue weighted by molar-refractivity contribution is 7.99. The Balaban J connectivity index is 5.42. The Morgan fingerprint density at radius 1 is 1.00 bits per heavy atom. The molecule has 0 spiro atoms. The molecule has 11 nitrogen and oxygen atoms in total. The lowest BCUT2D eigenvalue weighted by Crippen LogP contribution is -2.56. The average molecular weight is 520 g/mol. The molecule has 0 heterocycles. The number of amides is 3. The van der Waals surface area contributed by atoms with Gasteiger partial charge in [-0.3, -0.25) is 24.0 Å². The number of thioether (sulfide) groups is 1. The number of nitrogens with two attached hydrogens (primary N) is 1. The number of primary amides is 1. The van der Waals surface area contributed by atoms with Crippen molar-refractivity contribution < 1.29 is 38.6 Å². The Bertz CT molecular complexity index is 725. The van der Waals surface area contributed by atoms with E-state index in [1.165, 1.54) is 63.7 Å². The van der Waals surface area contributed by atoms with Crippen LogP contribution in [0.2, 0.25) is 0 Å². The van der Waals surface area contributed by atoms with Crippen LogP contribution in [0.15, 0.2) is 0 Å². The lowest BCUT2D eigenvalue weighted by Gasteiger charge is -2.35. The van der Waals surface area contributed by atoms with Gasteiger partial charge < -0.3 is 30.1 Å². The number of hydrogen-bond acceptors (Lipinski definition) is 9. The highest BCUT2D eigenvalue weighted by Gasteiger charge is 2.36. The molecule has 2 atom stereocenters. The monoisotopic (exact) mass is 519 g/mol. The predicted octanol–water partition coefficient (Wildman–Crippen LogP) is 0.562. The van der Waals surface area contributed by atoms with Gasteiger partial charge in [-0.25, -0.2) is 0 Å². The van der Waals surface area contributed by atoms with Crippen LogP contribution in [0.4, 0.5) is 0 Å². The molecule has 0 aromatic carbocycles. The van der Waals surface area contributed by atoms with Gasteiger partial charge in [0.1, 0.15) is 12.1 Å². The number of hydrogen-bond donors (Lipinski definition) is 2. The summed E-state index contributed by atoms with van der Waals surface area (Å²) in [6.45, 7) is 4.89. The first-order valence-corrected chi connectivity index (χ1v) is 12.6. The lowest BCUT2D eigenvalue weighted by molar-refractivity contribution is -0.159. The van der Waals surface area contributed by atoms with Gasteiger partial charge in [-0.15, -0.1) is 0 Å². The zero-order valence-electron chi connectivity index (χ0n) is 21.9. The summed E-state index contributed by atoms with van der Waals surface area (Å²) in [4.78, 5) is 64.1. The van der Waals surface area contributed by atoms with Crippen LogP contribution in [0.3, 0.4) is 0 Å². The third-order valence-electron chi connectivity index (χ3n) is 5.47. The molecule has 0 aliphatic heterocycles. The van der Waals surface area contributed by atoms with Gasteiger partial charge in [0.25, 0.3) is 0 Å². The Hall–Kier alpha value is -2.34. The number of carbonyl (C=O) groups is 5. The van der Waals surface area contributed by atoms with Crippen molar-refractivity contribution in [3.8, 4) is 0 Å². The zero-order valence-corrected chi connectivity index (χ0v) is 22.7. The number of nitrogens with zero attached hydrogens (tertiary/aromatic N) is 2. The number of likely N-dealkylation sites (N-methyl/N-ethyl adjacent to an activating group) is 2. The van der Waals surface area contributed by atoms with Crippen molar-refractivity contribution in [2.75, 3.05) is 39.8 Å². The molecular weight excluding hydrogens is 478 g/mol. The molecule has 0 aromatic heterocycles. The molecule has 0 unspecified atom stereocenters. The number of methoxy groups -OCH3 is 2. The van der Waals surface area contributed by atoms with E-state index in [1.807, 2.05) is 6.92 Å². The summed E-state index contributed by atoms with van der Waals surface area (Å²) in [7, 11) is 5.35. The van der Waals surface area contributed by atoms with Gasteiger partial charge in [0.2, 0.25) is 17.7 Å². The number of carbonyl (C=O) groups excluding carboxylic acids is 5. The molecule has 0 radical (unpaired) electrons. The van der Waals surface area contributed by atoms with Crippen molar-refractivity contribution in [1.82, 2.24) is 9.80 Å². The summed E-state index contributed by atoms with van der Waals surface area (Å²) in [6, 6.07) is -1.92. The molecule has 202 valence electrons. The van der Waals surface area contributed by atoms with Gasteiger partial charge in [-0.05, 0) is 38.9 Å². The van der Waals surface area contributed by atoms with Gasteiger partial charge >= 0.3 is 11.9 Å². The molecule has 12 heteroatoms. The van der Waals surface area contributed by atoms with Crippen LogP contribution < -0.4 is 5.73 Å². The Labute approximate surface area is 212 Å². The molecule has 3 N–H and O–H groups in total. The molecule has 35 heavy (non-hydrogen) atoms. The molecular formula is C23H41N3O8S. The number of esters is 2. The quantitative estimate of drug-likeness (QED) is 0.169. The van der Waals surface area contributed by atoms with Gasteiger partial charge in [0.15, 0.2) is 5.92 Å². The van der Waals surface area contributed by atoms with Gasteiger partial charge in [0, 0.05) is 32.7 Å². The van der Waals surface area contributed by atoms with Crippen LogP contribution in [0.25, 0.3) is 0 Å². The van der Waals surface area contributed by atoms with Gasteiger partial charge in [0.05, 0.1) is 19.8 Å². The number of ether oxygens (including phenoxy) is 2. The third kappa shape index (κ3) is 11.3. The fraction of sp³-hybridized carbons (Fsp3) is 0.783. The molecule has 0 saturated carbocycles. The van der Waals surface area contributed by atoms with Crippen LogP contribution in [-0.2, 0) is 33.4 Å².